The minimum absolute atomic E-state index is 0.0898. The minimum Gasteiger partial charge on any atom is -0.507 e. The number of hydrogen-bond acceptors (Lipinski definition) is 3. The highest BCUT2D eigenvalue weighted by molar-refractivity contribution is 9.10. The van der Waals surface area contributed by atoms with Crippen LogP contribution in [0.3, 0.4) is 0 Å². The summed E-state index contributed by atoms with van der Waals surface area (Å²) in [4.78, 5) is 19.3. The molecule has 0 aliphatic carbocycles. The van der Waals surface area contributed by atoms with E-state index in [9.17, 15) is 9.90 Å². The molecule has 1 aromatic heterocycles. The zero-order chi connectivity index (χ0) is 14.1. The fourth-order valence-electron chi connectivity index (χ4n) is 1.88. The van der Waals surface area contributed by atoms with Gasteiger partial charge >= 0.3 is 0 Å². The first-order valence-corrected chi connectivity index (χ1v) is 6.67. The van der Waals surface area contributed by atoms with Gasteiger partial charge in [-0.1, -0.05) is 28.1 Å². The average Bonchev–Trinajstić information content (AvgIpc) is 2.80. The van der Waals surface area contributed by atoms with Crippen molar-refractivity contribution in [3.8, 4) is 5.75 Å². The van der Waals surface area contributed by atoms with E-state index in [1.54, 1.807) is 6.07 Å². The van der Waals surface area contributed by atoms with E-state index < -0.39 is 5.91 Å². The van der Waals surface area contributed by atoms with Crippen molar-refractivity contribution in [1.29, 1.82) is 0 Å². The summed E-state index contributed by atoms with van der Waals surface area (Å²) in [5.74, 6) is -0.166. The number of halogens is 1. The topological polar surface area (TPSA) is 78.0 Å². The molecule has 5 nitrogen and oxygen atoms in total. The predicted molar refractivity (Wildman–Crippen MR) is 79.9 cm³/mol. The Morgan fingerprint density at radius 1 is 1.25 bits per heavy atom. The molecule has 3 rings (SSSR count). The van der Waals surface area contributed by atoms with Crippen LogP contribution in [0.2, 0.25) is 0 Å². The number of H-pyrrole nitrogens is 1. The van der Waals surface area contributed by atoms with E-state index in [0.717, 1.165) is 11.0 Å². The third kappa shape index (κ3) is 2.37. The number of phenolic OH excluding ortho intramolecular Hbond substituents is 1. The van der Waals surface area contributed by atoms with Gasteiger partial charge in [-0.05, 0) is 30.3 Å². The lowest BCUT2D eigenvalue weighted by atomic mass is 10.2. The van der Waals surface area contributed by atoms with Gasteiger partial charge in [-0.25, -0.2) is 4.98 Å². The molecule has 0 bridgehead atoms. The molecule has 0 atom stereocenters. The van der Waals surface area contributed by atoms with Crippen molar-refractivity contribution in [3.63, 3.8) is 0 Å². The number of aromatic amines is 1. The van der Waals surface area contributed by atoms with Gasteiger partial charge in [0, 0.05) is 4.47 Å². The lowest BCUT2D eigenvalue weighted by molar-refractivity contribution is 0.102. The van der Waals surface area contributed by atoms with Gasteiger partial charge in [-0.15, -0.1) is 0 Å². The third-order valence-corrected chi connectivity index (χ3v) is 3.32. The zero-order valence-electron chi connectivity index (χ0n) is 10.2. The normalized spacial score (nSPS) is 10.7. The molecule has 0 unspecified atom stereocenters. The number of benzene rings is 2. The highest BCUT2D eigenvalue weighted by Gasteiger charge is 2.13. The molecule has 3 N–H and O–H groups in total. The van der Waals surface area contributed by atoms with Crippen molar-refractivity contribution in [2.75, 3.05) is 5.32 Å². The molecule has 0 saturated carbocycles. The van der Waals surface area contributed by atoms with Crippen molar-refractivity contribution in [2.24, 2.45) is 0 Å². The average molecular weight is 332 g/mol. The molecule has 0 saturated heterocycles. The second kappa shape index (κ2) is 4.97. The Bertz CT molecular complexity index is 765. The number of fused-ring (bicyclic) bond motifs is 1. The number of amides is 1. The molecule has 0 aliphatic rings. The quantitative estimate of drug-likeness (QED) is 0.674. The van der Waals surface area contributed by atoms with Gasteiger partial charge in [-0.2, -0.15) is 0 Å². The summed E-state index contributed by atoms with van der Waals surface area (Å²) in [6.45, 7) is 0. The van der Waals surface area contributed by atoms with Gasteiger partial charge in [-0.3, -0.25) is 10.1 Å². The zero-order valence-corrected chi connectivity index (χ0v) is 11.8. The van der Waals surface area contributed by atoms with E-state index in [4.69, 9.17) is 0 Å². The van der Waals surface area contributed by atoms with Crippen LogP contribution in [0.5, 0.6) is 5.75 Å². The van der Waals surface area contributed by atoms with Crippen LogP contribution in [0.25, 0.3) is 11.0 Å². The standard InChI is InChI=1S/C14H10BrN3O2/c15-8-5-6-9(12(19)7-8)13(20)18-14-16-10-3-1-2-4-11(10)17-14/h1-7,19H,(H2,16,17,18,20). The van der Waals surface area contributed by atoms with Crippen LogP contribution in [-0.4, -0.2) is 21.0 Å². The second-order valence-corrected chi connectivity index (χ2v) is 5.13. The van der Waals surface area contributed by atoms with Crippen LogP contribution >= 0.6 is 15.9 Å². The largest absolute Gasteiger partial charge is 0.507 e. The summed E-state index contributed by atoms with van der Waals surface area (Å²) in [5, 5.41) is 12.4. The van der Waals surface area contributed by atoms with Gasteiger partial charge in [0.2, 0.25) is 5.95 Å². The highest BCUT2D eigenvalue weighted by atomic mass is 79.9. The number of imidazole rings is 1. The molecule has 20 heavy (non-hydrogen) atoms. The SMILES string of the molecule is O=C(Nc1nc2ccccc2[nH]1)c1ccc(Br)cc1O. The van der Waals surface area contributed by atoms with Crippen LogP contribution in [0, 0.1) is 0 Å². The number of carbonyl (C=O) groups is 1. The Labute approximate surface area is 122 Å². The summed E-state index contributed by atoms with van der Waals surface area (Å²) in [7, 11) is 0. The smallest absolute Gasteiger partial charge is 0.261 e. The van der Waals surface area contributed by atoms with Gasteiger partial charge in [0.05, 0.1) is 16.6 Å². The number of para-hydroxylation sites is 2. The molecule has 1 amide bonds. The molecule has 2 aromatic carbocycles. The molecule has 6 heteroatoms. The number of phenols is 1. The predicted octanol–water partition coefficient (Wildman–Crippen LogP) is 3.28. The fourth-order valence-corrected chi connectivity index (χ4v) is 2.23. The Morgan fingerprint density at radius 3 is 2.80 bits per heavy atom. The third-order valence-electron chi connectivity index (χ3n) is 2.83. The molecule has 100 valence electrons. The van der Waals surface area contributed by atoms with Crippen LogP contribution in [0.1, 0.15) is 10.4 Å². The maximum Gasteiger partial charge on any atom is 0.261 e. The van der Waals surface area contributed by atoms with Crippen molar-refractivity contribution in [2.45, 2.75) is 0 Å². The van der Waals surface area contributed by atoms with Crippen LogP contribution in [0.4, 0.5) is 5.95 Å². The number of aromatic hydroxyl groups is 1. The maximum absolute atomic E-state index is 12.1. The van der Waals surface area contributed by atoms with Gasteiger partial charge < -0.3 is 10.1 Å². The van der Waals surface area contributed by atoms with Crippen molar-refractivity contribution < 1.29 is 9.90 Å². The molecule has 0 radical (unpaired) electrons. The summed E-state index contributed by atoms with van der Waals surface area (Å²) < 4.78 is 0.704. The van der Waals surface area contributed by atoms with Crippen LogP contribution in [-0.2, 0) is 0 Å². The molecule has 0 fully saturated rings. The van der Waals surface area contributed by atoms with Gasteiger partial charge in [0.15, 0.2) is 0 Å². The first-order valence-electron chi connectivity index (χ1n) is 5.88. The molecular weight excluding hydrogens is 322 g/mol. The van der Waals surface area contributed by atoms with E-state index in [0.29, 0.717) is 10.4 Å². The summed E-state index contributed by atoms with van der Waals surface area (Å²) >= 11 is 3.23. The van der Waals surface area contributed by atoms with E-state index in [-0.39, 0.29) is 11.3 Å². The van der Waals surface area contributed by atoms with Crippen LogP contribution in [0.15, 0.2) is 46.9 Å². The number of aromatic nitrogens is 2. The molecule has 0 spiro atoms. The first kappa shape index (κ1) is 12.7. The van der Waals surface area contributed by atoms with Gasteiger partial charge in [0.25, 0.3) is 5.91 Å². The Morgan fingerprint density at radius 2 is 2.05 bits per heavy atom. The lowest BCUT2D eigenvalue weighted by Crippen LogP contribution is -2.13. The Balaban J connectivity index is 1.88. The lowest BCUT2D eigenvalue weighted by Gasteiger charge is -2.04. The highest BCUT2D eigenvalue weighted by Crippen LogP contribution is 2.23. The monoisotopic (exact) mass is 331 g/mol. The number of nitrogens with one attached hydrogen (secondary N) is 2. The summed E-state index contributed by atoms with van der Waals surface area (Å²) in [5.41, 5.74) is 1.79. The maximum atomic E-state index is 12.1. The number of nitrogens with zero attached hydrogens (tertiary/aromatic N) is 1. The van der Waals surface area contributed by atoms with Crippen molar-refractivity contribution in [3.05, 3.63) is 52.5 Å². The Kier molecular flexibility index (Phi) is 3.15. The number of carbonyl (C=O) groups excluding carboxylic acids is 1. The van der Waals surface area contributed by atoms with E-state index in [1.165, 1.54) is 12.1 Å². The molecule has 3 aromatic rings. The minimum atomic E-state index is -0.422. The van der Waals surface area contributed by atoms with E-state index >= 15 is 0 Å². The van der Waals surface area contributed by atoms with Gasteiger partial charge in [0.1, 0.15) is 5.75 Å². The van der Waals surface area contributed by atoms with Crippen LogP contribution < -0.4 is 5.32 Å². The Hall–Kier alpha value is -2.34. The van der Waals surface area contributed by atoms with Crippen molar-refractivity contribution >= 4 is 38.8 Å². The number of rotatable bonds is 2. The number of anilines is 1. The summed E-state index contributed by atoms with van der Waals surface area (Å²) in [6, 6.07) is 12.2. The second-order valence-electron chi connectivity index (χ2n) is 4.22. The van der Waals surface area contributed by atoms with Crippen molar-refractivity contribution in [1.82, 2.24) is 9.97 Å². The molecule has 1 heterocycles. The van der Waals surface area contributed by atoms with E-state index in [1.807, 2.05) is 24.3 Å². The fraction of sp³-hybridized carbons (Fsp3) is 0. The van der Waals surface area contributed by atoms with E-state index in [2.05, 4.69) is 31.2 Å². The molecule has 0 aliphatic heterocycles. The summed E-state index contributed by atoms with van der Waals surface area (Å²) in [6.07, 6.45) is 0. The molecular formula is C14H10BrN3O2. The number of hydrogen-bond donors (Lipinski definition) is 3. The first-order chi connectivity index (χ1) is 9.63.